The van der Waals surface area contributed by atoms with Crippen molar-refractivity contribution in [3.63, 3.8) is 0 Å². The molecule has 3 aromatic carbocycles. The van der Waals surface area contributed by atoms with Crippen LogP contribution in [0.25, 0.3) is 66.2 Å². The first kappa shape index (κ1) is 85.3. The first-order valence-corrected chi connectivity index (χ1v) is 36.6. The fourth-order valence-corrected chi connectivity index (χ4v) is 11.5. The highest BCUT2D eigenvalue weighted by atomic mass is 35.5. The van der Waals surface area contributed by atoms with E-state index in [2.05, 4.69) is 56.8 Å². The van der Waals surface area contributed by atoms with Crippen LogP contribution < -0.4 is 33.8 Å². The number of piperidine rings is 3. The van der Waals surface area contributed by atoms with Gasteiger partial charge in [-0.25, -0.2) is 30.9 Å². The Bertz CT molecular complexity index is 4530. The summed E-state index contributed by atoms with van der Waals surface area (Å²) in [4.78, 5) is 67.5. The molecule has 0 aliphatic carbocycles. The van der Waals surface area contributed by atoms with E-state index in [-0.39, 0.29) is 41.4 Å². The van der Waals surface area contributed by atoms with Gasteiger partial charge >= 0.3 is 24.4 Å². The minimum atomic E-state index is -0.679. The molecule has 580 valence electrons. The van der Waals surface area contributed by atoms with Crippen molar-refractivity contribution < 1.29 is 38.1 Å². The van der Waals surface area contributed by atoms with Gasteiger partial charge in [-0.3, -0.25) is 30.8 Å². The van der Waals surface area contributed by atoms with Crippen LogP contribution in [0.3, 0.4) is 0 Å². The number of halogens is 2. The van der Waals surface area contributed by atoms with Crippen LogP contribution in [0.1, 0.15) is 149 Å². The molecule has 0 unspecified atom stereocenters. The molecule has 0 radical (unpaired) electrons. The van der Waals surface area contributed by atoms with Crippen molar-refractivity contribution in [2.75, 3.05) is 49.9 Å². The third-order valence-electron chi connectivity index (χ3n) is 16.4. The molecule has 3 saturated heterocycles. The van der Waals surface area contributed by atoms with Crippen molar-refractivity contribution in [2.45, 2.75) is 162 Å². The van der Waals surface area contributed by atoms with Gasteiger partial charge < -0.3 is 55.5 Å². The molecule has 29 nitrogen and oxygen atoms in total. The number of nitrogens with one attached hydrogen (secondary N) is 4. The second kappa shape index (κ2) is 39.2. The van der Waals surface area contributed by atoms with Crippen molar-refractivity contribution in [3.8, 4) is 34.9 Å². The normalized spacial score (nSPS) is 16.0. The van der Waals surface area contributed by atoms with E-state index >= 15 is 0 Å². The highest BCUT2D eigenvalue weighted by Crippen LogP contribution is 2.33. The molecule has 8 aromatic rings. The van der Waals surface area contributed by atoms with E-state index in [9.17, 15) is 19.2 Å². The van der Waals surface area contributed by atoms with Crippen LogP contribution in [-0.4, -0.2) is 170 Å². The molecule has 0 bridgehead atoms. The lowest BCUT2D eigenvalue weighted by atomic mass is 9.99. The van der Waals surface area contributed by atoms with Gasteiger partial charge in [0.2, 0.25) is 0 Å². The summed E-state index contributed by atoms with van der Waals surface area (Å²) in [6.45, 7) is 25.9. The van der Waals surface area contributed by atoms with E-state index < -0.39 is 34.6 Å². The number of anilines is 1. The Balaban J connectivity index is 0.000000210. The van der Waals surface area contributed by atoms with Gasteiger partial charge in [-0.1, -0.05) is 23.2 Å². The fourth-order valence-electron chi connectivity index (χ4n) is 11.5. The lowest BCUT2D eigenvalue weighted by Gasteiger charge is -2.37. The lowest BCUT2D eigenvalue weighted by Crippen LogP contribution is -2.51. The molecule has 109 heavy (non-hydrogen) atoms. The average Bonchev–Trinajstić information content (AvgIpc) is 1.62. The van der Waals surface area contributed by atoms with Crippen molar-refractivity contribution in [3.05, 3.63) is 179 Å². The summed E-state index contributed by atoms with van der Waals surface area (Å²) in [5, 5.41) is 35.5. The van der Waals surface area contributed by atoms with E-state index in [1.54, 1.807) is 120 Å². The van der Waals surface area contributed by atoms with Gasteiger partial charge in [0.05, 0.1) is 57.3 Å². The van der Waals surface area contributed by atoms with Crippen molar-refractivity contribution >= 4 is 92.2 Å². The Hall–Kier alpha value is -11.0. The van der Waals surface area contributed by atoms with Crippen molar-refractivity contribution in [1.29, 1.82) is 5.41 Å². The third kappa shape index (κ3) is 26.4. The number of pyridine rings is 3. The predicted octanol–water partition coefficient (Wildman–Crippen LogP) is 14.5. The maximum Gasteiger partial charge on any atom is 0.435 e. The fraction of sp³-hybridized carbons (Fsp3) is 0.410. The molecule has 0 saturated carbocycles. The summed E-state index contributed by atoms with van der Waals surface area (Å²) in [7, 11) is 0. The Morgan fingerprint density at radius 2 is 1.17 bits per heavy atom. The Kier molecular flexibility index (Phi) is 30.7. The largest absolute Gasteiger partial charge is 0.444 e. The number of fused-ring (bicyclic) bond motifs is 2. The van der Waals surface area contributed by atoms with Crippen LogP contribution >= 0.6 is 23.2 Å². The number of likely N-dealkylation sites (tertiary alicyclic amines) is 2. The lowest BCUT2D eigenvalue weighted by molar-refractivity contribution is 0.0137. The van der Waals surface area contributed by atoms with Gasteiger partial charge in [0, 0.05) is 126 Å². The monoisotopic (exact) mass is 1530 g/mol. The molecular weight excluding hydrogens is 1430 g/mol. The number of alkyl halides is 2. The second-order valence-corrected chi connectivity index (χ2v) is 30.5. The number of hydrogen-bond donors (Lipinski definition) is 8. The number of nitrogens with zero attached hydrogens (tertiary/aromatic N) is 13. The van der Waals surface area contributed by atoms with Crippen LogP contribution in [0, 0.1) is 17.8 Å². The van der Waals surface area contributed by atoms with Crippen molar-refractivity contribution in [2.24, 2.45) is 28.3 Å². The number of azide groups is 1. The average molecular weight is 1530 g/mol. The number of amides is 3. The number of aromatic amines is 1. The summed E-state index contributed by atoms with van der Waals surface area (Å²) in [5.41, 5.74) is 28.9. The molecule has 3 atom stereocenters. The molecular formula is C78H101Cl2N21O8. The highest BCUT2D eigenvalue weighted by molar-refractivity contribution is 6.40. The topological polar surface area (TPSA) is 404 Å². The smallest absolute Gasteiger partial charge is 0.435 e. The summed E-state index contributed by atoms with van der Waals surface area (Å²) in [6.07, 6.45) is 22.7. The maximum atomic E-state index is 13.0. The van der Waals surface area contributed by atoms with Gasteiger partial charge in [0.15, 0.2) is 0 Å². The number of hydrazine groups is 2. The SMILES string of the molecule is C#Cc1ccc(NC(=O)OC(C)(C)C)c(C(=N)c2ccncc2)c1.CC(C)(C)OC(=O)N1CCC[C@@H](N(N)/C=C(\N)c2ccc3c(c2)c(-c2ccncc2)nn3C(=O)OC(C)(C)C)C1.CC(C)(C)OC(=O)N1CCC[C@@H](N=[N+]=[N-])C1.ClCCl.N/C(=C\N(N)[C@@H]1CCCNC1)c1ccc2[nH]nc(-c3ccncc3)c2c1. The zero-order valence-corrected chi connectivity index (χ0v) is 65.4. The summed E-state index contributed by atoms with van der Waals surface area (Å²) in [5.74, 6) is 15.2. The van der Waals surface area contributed by atoms with Crippen molar-refractivity contribution in [1.82, 2.24) is 60.1 Å². The minimum Gasteiger partial charge on any atom is -0.444 e. The van der Waals surface area contributed by atoms with Gasteiger partial charge in [-0.15, -0.1) is 29.6 Å². The van der Waals surface area contributed by atoms with Crippen LogP contribution in [0.5, 0.6) is 0 Å². The summed E-state index contributed by atoms with van der Waals surface area (Å²) < 4.78 is 22.9. The molecule has 3 amide bonds. The van der Waals surface area contributed by atoms with E-state index in [1.165, 1.54) is 4.68 Å². The molecule has 8 heterocycles. The minimum absolute atomic E-state index is 0.119. The van der Waals surface area contributed by atoms with Gasteiger partial charge in [0.25, 0.3) is 0 Å². The molecule has 3 aliphatic rings. The van der Waals surface area contributed by atoms with E-state index in [4.69, 9.17) is 82.7 Å². The maximum absolute atomic E-state index is 13.0. The summed E-state index contributed by atoms with van der Waals surface area (Å²) in [6, 6.07) is 27.6. The highest BCUT2D eigenvalue weighted by Gasteiger charge is 2.31. The second-order valence-electron chi connectivity index (χ2n) is 29.7. The van der Waals surface area contributed by atoms with Crippen LogP contribution in [0.15, 0.2) is 146 Å². The zero-order valence-electron chi connectivity index (χ0n) is 63.9. The van der Waals surface area contributed by atoms with E-state index in [1.807, 2.05) is 123 Å². The third-order valence-corrected chi connectivity index (χ3v) is 16.4. The molecule has 5 aromatic heterocycles. The molecule has 3 aliphatic heterocycles. The number of H-pyrrole nitrogens is 1. The number of carbonyl (C=O) groups excluding carboxylic acids is 4. The number of terminal acetylenes is 1. The Labute approximate surface area is 646 Å². The van der Waals surface area contributed by atoms with Gasteiger partial charge in [-0.2, -0.15) is 14.9 Å². The Morgan fingerprint density at radius 3 is 1.71 bits per heavy atom. The first-order chi connectivity index (χ1) is 51.6. The number of aromatic nitrogens is 7. The van der Waals surface area contributed by atoms with Gasteiger partial charge in [0.1, 0.15) is 33.8 Å². The quantitative estimate of drug-likeness (QED) is 0.00648. The number of benzene rings is 3. The van der Waals surface area contributed by atoms with Gasteiger partial charge in [-0.05, 0) is 224 Å². The number of rotatable bonds is 12. The standard InChI is InChI=1S/C29H39N7O4.C19H23N7.C19H19N3O2.C10H18N4O2.CH2Cl2/c1-28(2,3)39-26(37)34-15-7-8-21(17-34)35(31)18-23(30)20-9-10-24-22(16-20)25(19-11-13-32-14-12-19)33-36(24)27(38)40-29(4,5)6;20-17(12-26(21)15-2-1-7-23-11-15)14-3-4-18-16(10-14)19(25-24-18)13-5-8-22-9-6-13;1-5-13-6-7-16(22-18(23)24-19(2,3)4)15(12-13)17(20)14-8-10-21-11-9-14;1-10(2,3)16-9(15)14-6-4-5-8(7-14)12-13-11;2-1-3/h9-14,16,18,21H,7-8,15,17,30-31H2,1-6H3;3-6,8-10,12,15,23H,1-2,7,11,20-21H2,(H,24,25);1,6-12,20H,2-4H3,(H,22,23);8H,4-7H2,1-3H3;1H2/b23-18-;17-12-;;;/t21-;15-;;8-;/m11.1./s1. The summed E-state index contributed by atoms with van der Waals surface area (Å²) >= 11 is 9.53. The number of ether oxygens (including phenoxy) is 4. The first-order valence-electron chi connectivity index (χ1n) is 35.6. The predicted molar refractivity (Wildman–Crippen MR) is 428 cm³/mol. The Morgan fingerprint density at radius 1 is 0.661 bits per heavy atom. The molecule has 11 rings (SSSR count). The number of nitrogens with two attached hydrogens (primary N) is 4. The number of carbonyl (C=O) groups is 4. The van der Waals surface area contributed by atoms with Crippen LogP contribution in [-0.2, 0) is 18.9 Å². The number of hydrogen-bond acceptors (Lipinski definition) is 22. The van der Waals surface area contributed by atoms with Crippen LogP contribution in [0.2, 0.25) is 0 Å². The molecule has 3 fully saturated rings. The van der Waals surface area contributed by atoms with Crippen LogP contribution in [0.4, 0.5) is 24.9 Å². The molecule has 0 spiro atoms. The molecule has 31 heteroatoms. The molecule has 12 N–H and O–H groups in total. The zero-order chi connectivity index (χ0) is 79.8. The van der Waals surface area contributed by atoms with E-state index in [0.29, 0.717) is 76.7 Å². The van der Waals surface area contributed by atoms with E-state index in [0.717, 1.165) is 90.3 Å².